The third-order valence-electron chi connectivity index (χ3n) is 4.34. The summed E-state index contributed by atoms with van der Waals surface area (Å²) in [7, 11) is -1.05. The fraction of sp³-hybridized carbons (Fsp3) is 0.389. The third kappa shape index (κ3) is 3.69. The van der Waals surface area contributed by atoms with E-state index in [9.17, 15) is 8.42 Å². The van der Waals surface area contributed by atoms with Crippen LogP contribution in [0.3, 0.4) is 0 Å². The van der Waals surface area contributed by atoms with Gasteiger partial charge in [-0.15, -0.1) is 6.42 Å². The molecular weight excluding hydrogens is 322 g/mol. The SMILES string of the molecule is C#CCN(Cc1cn(C)nc1-c1ccccc1)C1CCS(=O)(=O)C1. The Balaban J connectivity index is 1.87. The molecule has 1 fully saturated rings. The number of terminal acetylenes is 1. The van der Waals surface area contributed by atoms with E-state index in [1.54, 1.807) is 4.68 Å². The summed E-state index contributed by atoms with van der Waals surface area (Å²) in [4.78, 5) is 2.08. The molecule has 0 aliphatic carbocycles. The summed E-state index contributed by atoms with van der Waals surface area (Å²) in [6.07, 6.45) is 8.14. The maximum absolute atomic E-state index is 11.8. The van der Waals surface area contributed by atoms with Crippen molar-refractivity contribution in [3.8, 4) is 23.6 Å². The number of hydrogen-bond acceptors (Lipinski definition) is 4. The number of aryl methyl sites for hydroxylation is 1. The first-order valence-corrected chi connectivity index (χ1v) is 9.76. The molecule has 0 spiro atoms. The summed E-state index contributed by atoms with van der Waals surface area (Å²) in [6.45, 7) is 1.03. The Morgan fingerprint density at radius 3 is 2.75 bits per heavy atom. The second kappa shape index (κ2) is 6.80. The minimum absolute atomic E-state index is 0.0186. The standard InChI is InChI=1S/C18H21N3O2S/c1-3-10-21(17-9-11-24(22,23)14-17)13-16-12-20(2)19-18(16)15-7-5-4-6-8-15/h1,4-8,12,17H,9-11,13-14H2,2H3. The number of aromatic nitrogens is 2. The van der Waals surface area contributed by atoms with Crippen molar-refractivity contribution in [1.82, 2.24) is 14.7 Å². The Morgan fingerprint density at radius 2 is 2.12 bits per heavy atom. The summed E-state index contributed by atoms with van der Waals surface area (Å²) < 4.78 is 25.4. The number of hydrogen-bond donors (Lipinski definition) is 0. The van der Waals surface area contributed by atoms with E-state index in [0.29, 0.717) is 19.5 Å². The van der Waals surface area contributed by atoms with Gasteiger partial charge in [-0.2, -0.15) is 5.10 Å². The van der Waals surface area contributed by atoms with E-state index in [2.05, 4.69) is 15.9 Å². The van der Waals surface area contributed by atoms with Crippen LogP contribution in [0.15, 0.2) is 36.5 Å². The summed E-state index contributed by atoms with van der Waals surface area (Å²) in [6, 6.07) is 9.97. The molecule has 1 aromatic heterocycles. The number of benzene rings is 1. The van der Waals surface area contributed by atoms with E-state index in [1.165, 1.54) is 0 Å². The van der Waals surface area contributed by atoms with Crippen LogP contribution in [0.25, 0.3) is 11.3 Å². The number of nitrogens with zero attached hydrogens (tertiary/aromatic N) is 3. The largest absolute Gasteiger partial charge is 0.284 e. The van der Waals surface area contributed by atoms with Crippen molar-refractivity contribution in [3.63, 3.8) is 0 Å². The van der Waals surface area contributed by atoms with E-state index in [4.69, 9.17) is 6.42 Å². The molecule has 5 nitrogen and oxygen atoms in total. The molecule has 2 aromatic rings. The lowest BCUT2D eigenvalue weighted by Gasteiger charge is -2.25. The molecule has 3 rings (SSSR count). The first-order chi connectivity index (χ1) is 11.5. The van der Waals surface area contributed by atoms with Crippen LogP contribution in [0.2, 0.25) is 0 Å². The molecule has 0 N–H and O–H groups in total. The number of sulfone groups is 1. The highest BCUT2D eigenvalue weighted by molar-refractivity contribution is 7.91. The van der Waals surface area contributed by atoms with Crippen molar-refractivity contribution in [2.24, 2.45) is 7.05 Å². The molecule has 126 valence electrons. The molecule has 6 heteroatoms. The summed E-state index contributed by atoms with van der Waals surface area (Å²) >= 11 is 0. The molecule has 1 aromatic carbocycles. The Labute approximate surface area is 143 Å². The van der Waals surface area contributed by atoms with E-state index >= 15 is 0 Å². The Hall–Kier alpha value is -2.10. The van der Waals surface area contributed by atoms with Crippen LogP contribution in [-0.2, 0) is 23.4 Å². The third-order valence-corrected chi connectivity index (χ3v) is 6.09. The van der Waals surface area contributed by atoms with E-state index in [0.717, 1.165) is 16.8 Å². The van der Waals surface area contributed by atoms with Gasteiger partial charge in [0, 0.05) is 37.0 Å². The lowest BCUT2D eigenvalue weighted by Crippen LogP contribution is -2.36. The summed E-state index contributed by atoms with van der Waals surface area (Å²) in [5.74, 6) is 3.10. The zero-order valence-electron chi connectivity index (χ0n) is 13.7. The van der Waals surface area contributed by atoms with Crippen molar-refractivity contribution < 1.29 is 8.42 Å². The van der Waals surface area contributed by atoms with Crippen LogP contribution in [0.5, 0.6) is 0 Å². The Morgan fingerprint density at radius 1 is 1.38 bits per heavy atom. The van der Waals surface area contributed by atoms with Gasteiger partial charge >= 0.3 is 0 Å². The van der Waals surface area contributed by atoms with Gasteiger partial charge < -0.3 is 0 Å². The van der Waals surface area contributed by atoms with Crippen molar-refractivity contribution in [3.05, 3.63) is 42.1 Å². The van der Waals surface area contributed by atoms with Gasteiger partial charge in [-0.05, 0) is 6.42 Å². The predicted octanol–water partition coefficient (Wildman–Crippen LogP) is 1.71. The van der Waals surface area contributed by atoms with Crippen molar-refractivity contribution in [1.29, 1.82) is 0 Å². The molecule has 0 amide bonds. The van der Waals surface area contributed by atoms with Gasteiger partial charge in [0.25, 0.3) is 0 Å². The second-order valence-corrected chi connectivity index (χ2v) is 8.44. The molecular formula is C18H21N3O2S. The van der Waals surface area contributed by atoms with Crippen molar-refractivity contribution >= 4 is 9.84 Å². The molecule has 0 saturated carbocycles. The van der Waals surface area contributed by atoms with Gasteiger partial charge in [-0.25, -0.2) is 8.42 Å². The summed E-state index contributed by atoms with van der Waals surface area (Å²) in [5, 5.41) is 4.57. The maximum atomic E-state index is 11.8. The average Bonchev–Trinajstić information content (AvgIpc) is 3.10. The minimum atomic E-state index is -2.94. The predicted molar refractivity (Wildman–Crippen MR) is 94.9 cm³/mol. The Kier molecular flexibility index (Phi) is 4.74. The maximum Gasteiger partial charge on any atom is 0.151 e. The molecule has 1 atom stereocenters. The molecule has 1 aliphatic heterocycles. The van der Waals surface area contributed by atoms with E-state index in [1.807, 2.05) is 43.6 Å². The monoisotopic (exact) mass is 343 g/mol. The first-order valence-electron chi connectivity index (χ1n) is 7.94. The van der Waals surface area contributed by atoms with Gasteiger partial charge in [0.05, 0.1) is 23.7 Å². The topological polar surface area (TPSA) is 55.2 Å². The Bertz CT molecular complexity index is 850. The zero-order chi connectivity index (χ0) is 17.2. The number of rotatable bonds is 5. The van der Waals surface area contributed by atoms with Crippen LogP contribution in [0.1, 0.15) is 12.0 Å². The average molecular weight is 343 g/mol. The summed E-state index contributed by atoms with van der Waals surface area (Å²) in [5.41, 5.74) is 3.03. The highest BCUT2D eigenvalue weighted by atomic mass is 32.2. The smallest absolute Gasteiger partial charge is 0.151 e. The van der Waals surface area contributed by atoms with Gasteiger partial charge in [0.15, 0.2) is 9.84 Å². The van der Waals surface area contributed by atoms with Crippen LogP contribution < -0.4 is 0 Å². The minimum Gasteiger partial charge on any atom is -0.284 e. The second-order valence-electron chi connectivity index (χ2n) is 6.21. The van der Waals surface area contributed by atoms with Crippen LogP contribution in [0.4, 0.5) is 0 Å². The quantitative estimate of drug-likeness (QED) is 0.776. The van der Waals surface area contributed by atoms with Crippen molar-refractivity contribution in [2.75, 3.05) is 18.1 Å². The van der Waals surface area contributed by atoms with Gasteiger partial charge in [-0.1, -0.05) is 36.3 Å². The molecule has 1 unspecified atom stereocenters. The molecule has 0 radical (unpaired) electrons. The van der Waals surface area contributed by atoms with E-state index < -0.39 is 9.84 Å². The van der Waals surface area contributed by atoms with Gasteiger partial charge in [0.2, 0.25) is 0 Å². The normalized spacial score (nSPS) is 19.5. The molecule has 1 saturated heterocycles. The lowest BCUT2D eigenvalue weighted by molar-refractivity contribution is 0.230. The molecule has 2 heterocycles. The van der Waals surface area contributed by atoms with Crippen LogP contribution in [0, 0.1) is 12.3 Å². The van der Waals surface area contributed by atoms with Gasteiger partial charge in [-0.3, -0.25) is 9.58 Å². The van der Waals surface area contributed by atoms with Crippen LogP contribution >= 0.6 is 0 Å². The van der Waals surface area contributed by atoms with Crippen molar-refractivity contribution in [2.45, 2.75) is 19.0 Å². The molecule has 1 aliphatic rings. The lowest BCUT2D eigenvalue weighted by atomic mass is 10.1. The highest BCUT2D eigenvalue weighted by Gasteiger charge is 2.32. The zero-order valence-corrected chi connectivity index (χ0v) is 14.5. The van der Waals surface area contributed by atoms with Gasteiger partial charge in [0.1, 0.15) is 0 Å². The fourth-order valence-corrected chi connectivity index (χ4v) is 4.97. The van der Waals surface area contributed by atoms with Crippen LogP contribution in [-0.4, -0.2) is 47.2 Å². The molecule has 0 bridgehead atoms. The fourth-order valence-electron chi connectivity index (χ4n) is 3.21. The van der Waals surface area contributed by atoms with E-state index in [-0.39, 0.29) is 17.5 Å². The highest BCUT2D eigenvalue weighted by Crippen LogP contribution is 2.25. The molecule has 24 heavy (non-hydrogen) atoms. The first kappa shape index (κ1) is 16.7.